The lowest BCUT2D eigenvalue weighted by molar-refractivity contribution is -0.122. The Morgan fingerprint density at radius 1 is 1.33 bits per heavy atom. The molecular formula is C16H22FN3O. The van der Waals surface area contributed by atoms with Gasteiger partial charge < -0.3 is 15.5 Å². The first kappa shape index (κ1) is 14.3. The monoisotopic (exact) mass is 291 g/mol. The lowest BCUT2D eigenvalue weighted by Gasteiger charge is -2.19. The Morgan fingerprint density at radius 3 is 2.86 bits per heavy atom. The summed E-state index contributed by atoms with van der Waals surface area (Å²) in [6.45, 7) is 3.56. The number of halogens is 1. The molecule has 3 rings (SSSR count). The van der Waals surface area contributed by atoms with Crippen molar-refractivity contribution in [2.75, 3.05) is 31.1 Å². The molecule has 2 atom stereocenters. The van der Waals surface area contributed by atoms with E-state index in [-0.39, 0.29) is 17.8 Å². The van der Waals surface area contributed by atoms with E-state index >= 15 is 0 Å². The molecule has 2 saturated heterocycles. The lowest BCUT2D eigenvalue weighted by Crippen LogP contribution is -2.42. The molecule has 2 N–H and O–H groups in total. The van der Waals surface area contributed by atoms with Crippen LogP contribution in [0.25, 0.3) is 0 Å². The van der Waals surface area contributed by atoms with Crippen LogP contribution in [0.4, 0.5) is 10.1 Å². The van der Waals surface area contributed by atoms with Crippen LogP contribution in [0.1, 0.15) is 19.3 Å². The molecule has 0 spiro atoms. The molecule has 2 heterocycles. The van der Waals surface area contributed by atoms with Crippen molar-refractivity contribution in [2.24, 2.45) is 5.92 Å². The number of nitrogens with one attached hydrogen (secondary N) is 2. The Balaban J connectivity index is 1.46. The third-order valence-electron chi connectivity index (χ3n) is 4.42. The number of carbonyl (C=O) groups excluding carboxylic acids is 1. The van der Waals surface area contributed by atoms with E-state index in [1.54, 1.807) is 0 Å². The first-order chi connectivity index (χ1) is 10.2. The van der Waals surface area contributed by atoms with Gasteiger partial charge in [-0.2, -0.15) is 0 Å². The molecule has 0 radical (unpaired) electrons. The summed E-state index contributed by atoms with van der Waals surface area (Å²) < 4.78 is 12.9. The molecule has 114 valence electrons. The van der Waals surface area contributed by atoms with Gasteiger partial charge in [0, 0.05) is 25.3 Å². The molecule has 0 bridgehead atoms. The van der Waals surface area contributed by atoms with Gasteiger partial charge in [0.05, 0.1) is 6.04 Å². The van der Waals surface area contributed by atoms with Crippen molar-refractivity contribution >= 4 is 11.6 Å². The Kier molecular flexibility index (Phi) is 4.39. The van der Waals surface area contributed by atoms with Gasteiger partial charge in [-0.15, -0.1) is 0 Å². The number of nitrogens with zero attached hydrogens (tertiary/aromatic N) is 1. The number of carbonyl (C=O) groups is 1. The number of benzene rings is 1. The quantitative estimate of drug-likeness (QED) is 0.884. The van der Waals surface area contributed by atoms with Crippen LogP contribution < -0.4 is 15.5 Å². The van der Waals surface area contributed by atoms with Crippen molar-refractivity contribution in [3.63, 3.8) is 0 Å². The van der Waals surface area contributed by atoms with Gasteiger partial charge in [-0.25, -0.2) is 4.39 Å². The van der Waals surface area contributed by atoms with E-state index in [4.69, 9.17) is 0 Å². The highest BCUT2D eigenvalue weighted by atomic mass is 19.1. The molecule has 2 fully saturated rings. The smallest absolute Gasteiger partial charge is 0.237 e. The van der Waals surface area contributed by atoms with Crippen LogP contribution in [0.3, 0.4) is 0 Å². The highest BCUT2D eigenvalue weighted by molar-refractivity contribution is 5.82. The van der Waals surface area contributed by atoms with E-state index < -0.39 is 0 Å². The zero-order valence-electron chi connectivity index (χ0n) is 12.1. The second-order valence-electron chi connectivity index (χ2n) is 5.97. The average Bonchev–Trinajstić information content (AvgIpc) is 3.17. The van der Waals surface area contributed by atoms with Gasteiger partial charge in [-0.05, 0) is 56.0 Å². The zero-order valence-corrected chi connectivity index (χ0v) is 12.1. The fraction of sp³-hybridized carbons (Fsp3) is 0.562. The molecule has 2 aliphatic heterocycles. The van der Waals surface area contributed by atoms with Crippen molar-refractivity contribution in [2.45, 2.75) is 25.3 Å². The molecule has 2 aliphatic rings. The molecule has 4 nitrogen and oxygen atoms in total. The fourth-order valence-electron chi connectivity index (χ4n) is 3.16. The van der Waals surface area contributed by atoms with Crippen molar-refractivity contribution in [1.29, 1.82) is 0 Å². The maximum absolute atomic E-state index is 12.9. The fourth-order valence-corrected chi connectivity index (χ4v) is 3.16. The molecule has 0 aromatic heterocycles. The molecule has 0 saturated carbocycles. The molecular weight excluding hydrogens is 269 g/mol. The molecule has 1 amide bonds. The third kappa shape index (κ3) is 3.53. The molecule has 21 heavy (non-hydrogen) atoms. The number of rotatable bonds is 4. The van der Waals surface area contributed by atoms with E-state index in [2.05, 4.69) is 15.5 Å². The summed E-state index contributed by atoms with van der Waals surface area (Å²) in [5.74, 6) is 0.402. The van der Waals surface area contributed by atoms with Gasteiger partial charge in [0.2, 0.25) is 5.91 Å². The van der Waals surface area contributed by atoms with Crippen LogP contribution in [0.15, 0.2) is 24.3 Å². The second kappa shape index (κ2) is 6.43. The largest absolute Gasteiger partial charge is 0.371 e. The predicted octanol–water partition coefficient (Wildman–Crippen LogP) is 1.52. The van der Waals surface area contributed by atoms with E-state index in [9.17, 15) is 9.18 Å². The van der Waals surface area contributed by atoms with Gasteiger partial charge in [0.15, 0.2) is 0 Å². The summed E-state index contributed by atoms with van der Waals surface area (Å²) in [4.78, 5) is 14.2. The van der Waals surface area contributed by atoms with Crippen LogP contribution in [0.5, 0.6) is 0 Å². The van der Waals surface area contributed by atoms with E-state index in [0.717, 1.165) is 51.1 Å². The van der Waals surface area contributed by atoms with Crippen LogP contribution >= 0.6 is 0 Å². The molecule has 0 aliphatic carbocycles. The standard InChI is InChI=1S/C16H22FN3O/c17-13-3-5-14(6-4-13)20-9-7-12(11-20)10-19-16(21)15-2-1-8-18-15/h3-6,12,15,18H,1-2,7-11H2,(H,19,21). The normalized spacial score (nSPS) is 25.3. The first-order valence-corrected chi connectivity index (χ1v) is 7.74. The predicted molar refractivity (Wildman–Crippen MR) is 80.8 cm³/mol. The number of amides is 1. The number of hydrogen-bond donors (Lipinski definition) is 2. The topological polar surface area (TPSA) is 44.4 Å². The van der Waals surface area contributed by atoms with Gasteiger partial charge in [-0.1, -0.05) is 0 Å². The Labute approximate surface area is 124 Å². The maximum atomic E-state index is 12.9. The minimum atomic E-state index is -0.203. The molecule has 1 aromatic rings. The Bertz CT molecular complexity index is 485. The van der Waals surface area contributed by atoms with Crippen molar-refractivity contribution in [3.8, 4) is 0 Å². The SMILES string of the molecule is O=C(NCC1CCN(c2ccc(F)cc2)C1)C1CCCN1. The van der Waals surface area contributed by atoms with Gasteiger partial charge in [0.25, 0.3) is 0 Å². The van der Waals surface area contributed by atoms with Gasteiger partial charge in [0.1, 0.15) is 5.82 Å². The maximum Gasteiger partial charge on any atom is 0.237 e. The molecule has 2 unspecified atom stereocenters. The third-order valence-corrected chi connectivity index (χ3v) is 4.42. The van der Waals surface area contributed by atoms with E-state index in [1.165, 1.54) is 12.1 Å². The average molecular weight is 291 g/mol. The Hall–Kier alpha value is -1.62. The van der Waals surface area contributed by atoms with E-state index in [1.807, 2.05) is 12.1 Å². The van der Waals surface area contributed by atoms with Crippen LogP contribution in [0, 0.1) is 11.7 Å². The molecule has 1 aromatic carbocycles. The van der Waals surface area contributed by atoms with Crippen molar-refractivity contribution < 1.29 is 9.18 Å². The first-order valence-electron chi connectivity index (χ1n) is 7.74. The summed E-state index contributed by atoms with van der Waals surface area (Å²) in [5.41, 5.74) is 1.06. The number of hydrogen-bond acceptors (Lipinski definition) is 3. The number of anilines is 1. The highest BCUT2D eigenvalue weighted by Gasteiger charge is 2.26. The van der Waals surface area contributed by atoms with Crippen LogP contribution in [0.2, 0.25) is 0 Å². The second-order valence-corrected chi connectivity index (χ2v) is 5.97. The summed E-state index contributed by atoms with van der Waals surface area (Å²) in [6.07, 6.45) is 3.09. The van der Waals surface area contributed by atoms with Crippen molar-refractivity contribution in [3.05, 3.63) is 30.1 Å². The summed E-state index contributed by atoms with van der Waals surface area (Å²) in [7, 11) is 0. The minimum Gasteiger partial charge on any atom is -0.371 e. The van der Waals surface area contributed by atoms with Crippen LogP contribution in [-0.2, 0) is 4.79 Å². The summed E-state index contributed by atoms with van der Waals surface area (Å²) in [6, 6.07) is 6.63. The molecule has 5 heteroatoms. The van der Waals surface area contributed by atoms with Crippen LogP contribution in [-0.4, -0.2) is 38.1 Å². The zero-order chi connectivity index (χ0) is 14.7. The summed E-state index contributed by atoms with van der Waals surface area (Å²) in [5, 5.41) is 6.27. The van der Waals surface area contributed by atoms with E-state index in [0.29, 0.717) is 5.92 Å². The van der Waals surface area contributed by atoms with Gasteiger partial charge >= 0.3 is 0 Å². The summed E-state index contributed by atoms with van der Waals surface area (Å²) >= 11 is 0. The van der Waals surface area contributed by atoms with Crippen molar-refractivity contribution in [1.82, 2.24) is 10.6 Å². The highest BCUT2D eigenvalue weighted by Crippen LogP contribution is 2.23. The minimum absolute atomic E-state index is 0.000366. The Morgan fingerprint density at radius 2 is 2.14 bits per heavy atom. The lowest BCUT2D eigenvalue weighted by atomic mass is 10.1. The van der Waals surface area contributed by atoms with Gasteiger partial charge in [-0.3, -0.25) is 4.79 Å².